The third-order valence-corrected chi connectivity index (χ3v) is 3.64. The Morgan fingerprint density at radius 3 is 2.48 bits per heavy atom. The summed E-state index contributed by atoms with van der Waals surface area (Å²) in [4.78, 5) is 23.1. The van der Waals surface area contributed by atoms with E-state index in [9.17, 15) is 9.59 Å². The summed E-state index contributed by atoms with van der Waals surface area (Å²) >= 11 is 0. The molecule has 2 amide bonds. The maximum Gasteiger partial charge on any atom is 0.227 e. The Kier molecular flexibility index (Phi) is 6.18. The van der Waals surface area contributed by atoms with E-state index in [-0.39, 0.29) is 29.6 Å². The fourth-order valence-corrected chi connectivity index (χ4v) is 2.32. The second-order valence-electron chi connectivity index (χ2n) is 5.55. The summed E-state index contributed by atoms with van der Waals surface area (Å²) < 4.78 is 0. The molecule has 0 saturated carbocycles. The molecule has 3 N–H and O–H groups in total. The quantitative estimate of drug-likeness (QED) is 0.792. The van der Waals surface area contributed by atoms with Crippen molar-refractivity contribution in [2.75, 3.05) is 18.4 Å². The molecule has 0 aromatic heterocycles. The summed E-state index contributed by atoms with van der Waals surface area (Å²) in [6.45, 7) is 5.61. The Labute approximate surface area is 131 Å². The van der Waals surface area contributed by atoms with E-state index in [4.69, 9.17) is 0 Å². The molecule has 1 heterocycles. The summed E-state index contributed by atoms with van der Waals surface area (Å²) in [7, 11) is 0. The lowest BCUT2D eigenvalue weighted by molar-refractivity contribution is -0.129. The number of halogens is 1. The van der Waals surface area contributed by atoms with Crippen LogP contribution in [-0.2, 0) is 16.1 Å². The molecule has 1 saturated heterocycles. The van der Waals surface area contributed by atoms with Crippen molar-refractivity contribution in [2.24, 2.45) is 5.41 Å². The molecule has 0 aliphatic carbocycles. The molecule has 21 heavy (non-hydrogen) atoms. The second-order valence-corrected chi connectivity index (χ2v) is 5.55. The van der Waals surface area contributed by atoms with Gasteiger partial charge >= 0.3 is 0 Å². The van der Waals surface area contributed by atoms with Gasteiger partial charge in [0.15, 0.2) is 0 Å². The van der Waals surface area contributed by atoms with Gasteiger partial charge in [0.2, 0.25) is 11.8 Å². The van der Waals surface area contributed by atoms with Crippen molar-refractivity contribution in [3.63, 3.8) is 0 Å². The highest BCUT2D eigenvalue weighted by Gasteiger charge is 2.35. The van der Waals surface area contributed by atoms with E-state index >= 15 is 0 Å². The van der Waals surface area contributed by atoms with Crippen molar-refractivity contribution in [2.45, 2.75) is 26.8 Å². The van der Waals surface area contributed by atoms with Gasteiger partial charge in [0.1, 0.15) is 0 Å². The van der Waals surface area contributed by atoms with E-state index in [1.165, 1.54) is 6.92 Å². The van der Waals surface area contributed by atoms with Crippen LogP contribution in [0.5, 0.6) is 0 Å². The number of benzene rings is 1. The van der Waals surface area contributed by atoms with Gasteiger partial charge in [0.25, 0.3) is 0 Å². The van der Waals surface area contributed by atoms with Crippen molar-refractivity contribution in [3.05, 3.63) is 29.8 Å². The van der Waals surface area contributed by atoms with Crippen molar-refractivity contribution in [1.82, 2.24) is 10.6 Å². The number of nitrogens with one attached hydrogen (secondary N) is 3. The molecule has 5 nitrogen and oxygen atoms in total. The highest BCUT2D eigenvalue weighted by molar-refractivity contribution is 5.88. The number of carbonyl (C=O) groups excluding carboxylic acids is 2. The van der Waals surface area contributed by atoms with E-state index in [0.717, 1.165) is 30.8 Å². The summed E-state index contributed by atoms with van der Waals surface area (Å²) in [6, 6.07) is 7.48. The molecule has 1 unspecified atom stereocenters. The number of amides is 2. The molecule has 1 fully saturated rings. The normalized spacial score (nSPS) is 20.5. The van der Waals surface area contributed by atoms with Crippen LogP contribution in [0.4, 0.5) is 5.69 Å². The molecule has 0 bridgehead atoms. The van der Waals surface area contributed by atoms with Gasteiger partial charge in [-0.25, -0.2) is 0 Å². The molecule has 1 atom stereocenters. The SMILES string of the molecule is CC(=O)Nc1ccc(CNC(=O)C2(C)CCNC2)cc1.Cl. The van der Waals surface area contributed by atoms with Crippen LogP contribution in [-0.4, -0.2) is 24.9 Å². The maximum atomic E-state index is 12.1. The summed E-state index contributed by atoms with van der Waals surface area (Å²) in [5.74, 6) is 0.00106. The lowest BCUT2D eigenvalue weighted by Gasteiger charge is -2.21. The molecule has 0 spiro atoms. The third-order valence-electron chi connectivity index (χ3n) is 3.64. The van der Waals surface area contributed by atoms with Gasteiger partial charge in [0, 0.05) is 25.7 Å². The third kappa shape index (κ3) is 4.72. The molecular weight excluding hydrogens is 290 g/mol. The van der Waals surface area contributed by atoms with E-state index in [0.29, 0.717) is 6.54 Å². The van der Waals surface area contributed by atoms with Gasteiger partial charge in [-0.2, -0.15) is 0 Å². The van der Waals surface area contributed by atoms with Crippen LogP contribution < -0.4 is 16.0 Å². The van der Waals surface area contributed by atoms with Crippen molar-refractivity contribution in [1.29, 1.82) is 0 Å². The van der Waals surface area contributed by atoms with Gasteiger partial charge in [0.05, 0.1) is 5.41 Å². The molecule has 1 aliphatic heterocycles. The second kappa shape index (κ2) is 7.43. The molecule has 1 aromatic rings. The minimum atomic E-state index is -0.296. The Bertz CT molecular complexity index is 496. The van der Waals surface area contributed by atoms with Gasteiger partial charge in [-0.05, 0) is 37.6 Å². The predicted molar refractivity (Wildman–Crippen MR) is 85.4 cm³/mol. The molecular formula is C15H22ClN3O2. The topological polar surface area (TPSA) is 70.2 Å². The van der Waals surface area contributed by atoms with Crippen molar-refractivity contribution < 1.29 is 9.59 Å². The largest absolute Gasteiger partial charge is 0.352 e. The van der Waals surface area contributed by atoms with E-state index in [2.05, 4.69) is 16.0 Å². The van der Waals surface area contributed by atoms with E-state index in [1.807, 2.05) is 31.2 Å². The molecule has 1 aliphatic rings. The zero-order valence-electron chi connectivity index (χ0n) is 12.4. The first-order valence-corrected chi connectivity index (χ1v) is 6.85. The molecule has 116 valence electrons. The van der Waals surface area contributed by atoms with E-state index in [1.54, 1.807) is 0 Å². The Balaban J connectivity index is 0.00000220. The highest BCUT2D eigenvalue weighted by Crippen LogP contribution is 2.24. The Morgan fingerprint density at radius 1 is 1.29 bits per heavy atom. The van der Waals surface area contributed by atoms with Gasteiger partial charge in [-0.1, -0.05) is 12.1 Å². The average Bonchev–Trinajstić information content (AvgIpc) is 2.85. The molecule has 1 aromatic carbocycles. The minimum absolute atomic E-state index is 0. The maximum absolute atomic E-state index is 12.1. The van der Waals surface area contributed by atoms with Crippen LogP contribution >= 0.6 is 12.4 Å². The first-order chi connectivity index (χ1) is 9.49. The minimum Gasteiger partial charge on any atom is -0.352 e. The van der Waals surface area contributed by atoms with Crippen LogP contribution in [0.15, 0.2) is 24.3 Å². The molecule has 0 radical (unpaired) electrons. The zero-order valence-corrected chi connectivity index (χ0v) is 13.2. The summed E-state index contributed by atoms with van der Waals surface area (Å²) in [6.07, 6.45) is 0.875. The number of hydrogen-bond acceptors (Lipinski definition) is 3. The van der Waals surface area contributed by atoms with Crippen LogP contribution in [0.3, 0.4) is 0 Å². The monoisotopic (exact) mass is 311 g/mol. The molecule has 2 rings (SSSR count). The van der Waals surface area contributed by atoms with Gasteiger partial charge in [-0.3, -0.25) is 9.59 Å². The van der Waals surface area contributed by atoms with E-state index < -0.39 is 0 Å². The first-order valence-electron chi connectivity index (χ1n) is 6.85. The standard InChI is InChI=1S/C15H21N3O2.ClH/c1-11(19)18-13-5-3-12(4-6-13)9-17-14(20)15(2)7-8-16-10-15;/h3-6,16H,7-10H2,1-2H3,(H,17,20)(H,18,19);1H. The van der Waals surface area contributed by atoms with Gasteiger partial charge < -0.3 is 16.0 Å². The predicted octanol–water partition coefficient (Wildman–Crippen LogP) is 1.68. The van der Waals surface area contributed by atoms with Crippen LogP contribution in [0.1, 0.15) is 25.8 Å². The van der Waals surface area contributed by atoms with Crippen LogP contribution in [0, 0.1) is 5.41 Å². The highest BCUT2D eigenvalue weighted by atomic mass is 35.5. The number of rotatable bonds is 4. The Morgan fingerprint density at radius 2 is 1.95 bits per heavy atom. The number of carbonyl (C=O) groups is 2. The number of anilines is 1. The van der Waals surface area contributed by atoms with Crippen LogP contribution in [0.25, 0.3) is 0 Å². The lowest BCUT2D eigenvalue weighted by Crippen LogP contribution is -2.39. The summed E-state index contributed by atoms with van der Waals surface area (Å²) in [5.41, 5.74) is 1.48. The lowest BCUT2D eigenvalue weighted by atomic mass is 9.89. The summed E-state index contributed by atoms with van der Waals surface area (Å²) in [5, 5.41) is 8.90. The fourth-order valence-electron chi connectivity index (χ4n) is 2.32. The van der Waals surface area contributed by atoms with Crippen molar-refractivity contribution >= 4 is 29.9 Å². The number of hydrogen-bond donors (Lipinski definition) is 3. The Hall–Kier alpha value is -1.59. The zero-order chi connectivity index (χ0) is 14.6. The fraction of sp³-hybridized carbons (Fsp3) is 0.467. The first kappa shape index (κ1) is 17.5. The molecule has 6 heteroatoms. The smallest absolute Gasteiger partial charge is 0.227 e. The average molecular weight is 312 g/mol. The van der Waals surface area contributed by atoms with Crippen molar-refractivity contribution in [3.8, 4) is 0 Å². The van der Waals surface area contributed by atoms with Crippen LogP contribution in [0.2, 0.25) is 0 Å². The van der Waals surface area contributed by atoms with Gasteiger partial charge in [-0.15, -0.1) is 12.4 Å².